The second-order valence-electron chi connectivity index (χ2n) is 8.41. The van der Waals surface area contributed by atoms with Crippen LogP contribution >= 0.6 is 22.7 Å². The van der Waals surface area contributed by atoms with Crippen molar-refractivity contribution in [3.8, 4) is 11.3 Å². The van der Waals surface area contributed by atoms with E-state index in [1.165, 1.54) is 23.4 Å². The summed E-state index contributed by atoms with van der Waals surface area (Å²) in [5, 5.41) is 9.78. The van der Waals surface area contributed by atoms with E-state index in [-0.39, 0.29) is 6.04 Å². The first-order valence-electron chi connectivity index (χ1n) is 10.9. The molecule has 0 bridgehead atoms. The van der Waals surface area contributed by atoms with Crippen LogP contribution in [0, 0.1) is 6.92 Å². The van der Waals surface area contributed by atoms with Gasteiger partial charge in [-0.05, 0) is 49.4 Å². The Balaban J connectivity index is 1.38. The minimum Gasteiger partial charge on any atom is -0.353 e. The van der Waals surface area contributed by atoms with Crippen LogP contribution in [0.15, 0.2) is 59.3 Å². The Morgan fingerprint density at radius 3 is 2.53 bits per heavy atom. The minimum atomic E-state index is -4.30. The molecule has 10 heteroatoms. The lowest BCUT2D eigenvalue weighted by Gasteiger charge is -2.17. The molecule has 2 aromatic heterocycles. The third kappa shape index (κ3) is 5.64. The molecular weight excluding hydrogens is 488 g/mol. The molecule has 2 aromatic carbocycles. The number of thiazole rings is 2. The van der Waals surface area contributed by atoms with Gasteiger partial charge in [0.1, 0.15) is 0 Å². The van der Waals surface area contributed by atoms with Gasteiger partial charge in [-0.2, -0.15) is 8.42 Å². The van der Waals surface area contributed by atoms with Gasteiger partial charge in [0.25, 0.3) is 0 Å². The number of aromatic nitrogens is 2. The summed E-state index contributed by atoms with van der Waals surface area (Å²) in [5.41, 5.74) is 5.55. The maximum absolute atomic E-state index is 11.1. The lowest BCUT2D eigenvalue weighted by atomic mass is 10.0. The van der Waals surface area contributed by atoms with Gasteiger partial charge in [-0.15, -0.1) is 22.7 Å². The van der Waals surface area contributed by atoms with Crippen molar-refractivity contribution >= 4 is 43.8 Å². The van der Waals surface area contributed by atoms with E-state index in [9.17, 15) is 8.42 Å². The van der Waals surface area contributed by atoms with Crippen LogP contribution in [0.2, 0.25) is 0 Å². The van der Waals surface area contributed by atoms with Crippen molar-refractivity contribution in [1.82, 2.24) is 9.97 Å². The molecule has 1 unspecified atom stereocenters. The summed E-state index contributed by atoms with van der Waals surface area (Å²) in [6, 6.07) is 15.1. The van der Waals surface area contributed by atoms with Gasteiger partial charge in [0.2, 0.25) is 0 Å². The highest BCUT2D eigenvalue weighted by molar-refractivity contribution is 7.87. The van der Waals surface area contributed by atoms with Crippen molar-refractivity contribution in [2.24, 2.45) is 0 Å². The van der Waals surface area contributed by atoms with Crippen LogP contribution in [0.25, 0.3) is 11.3 Å². The second kappa shape index (κ2) is 9.46. The van der Waals surface area contributed by atoms with Gasteiger partial charge in [0.05, 0.1) is 28.1 Å². The first-order chi connectivity index (χ1) is 16.3. The highest BCUT2D eigenvalue weighted by atomic mass is 32.2. The molecule has 0 aliphatic heterocycles. The van der Waals surface area contributed by atoms with Gasteiger partial charge >= 0.3 is 10.3 Å². The highest BCUT2D eigenvalue weighted by Crippen LogP contribution is 2.42. The predicted molar refractivity (Wildman–Crippen MR) is 138 cm³/mol. The fourth-order valence-electron chi connectivity index (χ4n) is 3.77. The first-order valence-corrected chi connectivity index (χ1v) is 14.1. The summed E-state index contributed by atoms with van der Waals surface area (Å²) in [4.78, 5) is 9.75. The fourth-order valence-corrected chi connectivity index (χ4v) is 6.02. The smallest absolute Gasteiger partial charge is 0.353 e. The predicted octanol–water partition coefficient (Wildman–Crippen LogP) is 6.06. The molecule has 4 aromatic rings. The zero-order valence-electron chi connectivity index (χ0n) is 18.4. The van der Waals surface area contributed by atoms with Crippen molar-refractivity contribution in [2.45, 2.75) is 38.1 Å². The van der Waals surface area contributed by atoms with Crippen molar-refractivity contribution in [2.75, 3.05) is 10.0 Å². The van der Waals surface area contributed by atoms with Crippen LogP contribution in [-0.2, 0) is 16.7 Å². The Labute approximate surface area is 206 Å². The van der Waals surface area contributed by atoms with Crippen LogP contribution in [0.5, 0.6) is 0 Å². The van der Waals surface area contributed by atoms with E-state index in [1.54, 1.807) is 34.8 Å². The Morgan fingerprint density at radius 1 is 1.06 bits per heavy atom. The monoisotopic (exact) mass is 512 g/mol. The summed E-state index contributed by atoms with van der Waals surface area (Å²) < 4.78 is 33.2. The SMILES string of the molecule is Cc1ccccc1-c1csc(NC(Cc2ccc(NS(=O)(=O)O)cc2)c2csc(C3CC3)n2)n1. The molecule has 1 aliphatic rings. The van der Waals surface area contributed by atoms with E-state index >= 15 is 0 Å². The molecule has 0 amide bonds. The fraction of sp³-hybridized carbons (Fsp3) is 0.250. The average Bonchev–Trinajstić information content (AvgIpc) is 3.34. The van der Waals surface area contributed by atoms with Gasteiger partial charge in [-0.1, -0.05) is 36.4 Å². The largest absolute Gasteiger partial charge is 0.357 e. The Morgan fingerprint density at radius 2 is 1.82 bits per heavy atom. The summed E-state index contributed by atoms with van der Waals surface area (Å²) in [7, 11) is -4.30. The molecule has 7 nitrogen and oxygen atoms in total. The van der Waals surface area contributed by atoms with Crippen LogP contribution in [0.3, 0.4) is 0 Å². The zero-order chi connectivity index (χ0) is 23.7. The quantitative estimate of drug-likeness (QED) is 0.235. The molecule has 1 atom stereocenters. The Hall–Kier alpha value is -2.79. The number of hydrogen-bond donors (Lipinski definition) is 3. The van der Waals surface area contributed by atoms with Gasteiger partial charge in [-0.25, -0.2) is 9.97 Å². The summed E-state index contributed by atoms with van der Waals surface area (Å²) in [5.74, 6) is 0.595. The summed E-state index contributed by atoms with van der Waals surface area (Å²) in [6.07, 6.45) is 3.07. The first kappa shape index (κ1) is 23.0. The van der Waals surface area contributed by atoms with Crippen LogP contribution < -0.4 is 10.0 Å². The number of hydrogen-bond acceptors (Lipinski definition) is 7. The number of aryl methyl sites for hydroxylation is 1. The molecule has 0 radical (unpaired) electrons. The maximum atomic E-state index is 11.1. The van der Waals surface area contributed by atoms with Crippen molar-refractivity contribution in [3.05, 3.63) is 81.1 Å². The normalized spacial score (nSPS) is 14.6. The van der Waals surface area contributed by atoms with Gasteiger partial charge in [0.15, 0.2) is 5.13 Å². The molecule has 34 heavy (non-hydrogen) atoms. The number of rotatable bonds is 9. The van der Waals surface area contributed by atoms with Gasteiger partial charge < -0.3 is 5.32 Å². The molecule has 1 saturated carbocycles. The van der Waals surface area contributed by atoms with E-state index in [2.05, 4.69) is 39.9 Å². The lowest BCUT2D eigenvalue weighted by molar-refractivity contribution is 0.489. The van der Waals surface area contributed by atoms with Crippen LogP contribution in [-0.4, -0.2) is 22.9 Å². The topological polar surface area (TPSA) is 104 Å². The Kier molecular flexibility index (Phi) is 6.39. The van der Waals surface area contributed by atoms with Crippen molar-refractivity contribution in [1.29, 1.82) is 0 Å². The summed E-state index contributed by atoms with van der Waals surface area (Å²) in [6.45, 7) is 2.08. The summed E-state index contributed by atoms with van der Waals surface area (Å²) >= 11 is 3.28. The molecule has 0 saturated heterocycles. The molecule has 3 N–H and O–H groups in total. The highest BCUT2D eigenvalue weighted by Gasteiger charge is 2.28. The van der Waals surface area contributed by atoms with Crippen molar-refractivity contribution in [3.63, 3.8) is 0 Å². The maximum Gasteiger partial charge on any atom is 0.357 e. The van der Waals surface area contributed by atoms with E-state index < -0.39 is 10.3 Å². The molecule has 176 valence electrons. The van der Waals surface area contributed by atoms with Crippen LogP contribution in [0.4, 0.5) is 10.8 Å². The Bertz CT molecular complexity index is 1390. The third-order valence-electron chi connectivity index (χ3n) is 5.69. The van der Waals surface area contributed by atoms with E-state index in [1.807, 2.05) is 24.3 Å². The second-order valence-corrected chi connectivity index (χ2v) is 11.3. The minimum absolute atomic E-state index is 0.0833. The number of nitrogens with one attached hydrogen (secondary N) is 2. The van der Waals surface area contributed by atoms with Crippen LogP contribution in [0.1, 0.15) is 46.6 Å². The molecule has 1 aliphatic carbocycles. The third-order valence-corrected chi connectivity index (χ3v) is 7.98. The van der Waals surface area contributed by atoms with E-state index in [0.717, 1.165) is 27.6 Å². The van der Waals surface area contributed by atoms with Gasteiger partial charge in [0, 0.05) is 22.2 Å². The molecular formula is C24H24N4O3S3. The lowest BCUT2D eigenvalue weighted by Crippen LogP contribution is -2.14. The molecule has 0 spiro atoms. The number of benzene rings is 2. The number of anilines is 2. The van der Waals surface area contributed by atoms with Gasteiger partial charge in [-0.3, -0.25) is 9.27 Å². The molecule has 1 fully saturated rings. The van der Waals surface area contributed by atoms with E-state index in [0.29, 0.717) is 18.0 Å². The molecule has 5 rings (SSSR count). The standard InChI is InChI=1S/C24H24N4O3S3/c1-15-4-2-3-5-19(15)21-13-33-24(27-21)26-20(22-14-32-23(25-22)17-8-9-17)12-16-6-10-18(11-7-16)28-34(29,30)31/h2-7,10-11,13-14,17,20,28H,8-9,12H2,1H3,(H,26,27)(H,29,30,31). The average molecular weight is 513 g/mol. The van der Waals surface area contributed by atoms with E-state index in [4.69, 9.17) is 14.5 Å². The molecule has 2 heterocycles. The zero-order valence-corrected chi connectivity index (χ0v) is 20.9. The number of nitrogens with zero attached hydrogens (tertiary/aromatic N) is 2. The van der Waals surface area contributed by atoms with Crippen molar-refractivity contribution < 1.29 is 13.0 Å².